The fraction of sp³-hybridized carbons (Fsp3) is 0.250. The quantitative estimate of drug-likeness (QED) is 0.432. The molecule has 9 heavy (non-hydrogen) atoms. The highest BCUT2D eigenvalue weighted by molar-refractivity contribution is 5.33. The van der Waals surface area contributed by atoms with Crippen molar-refractivity contribution in [2.75, 3.05) is 0 Å². The van der Waals surface area contributed by atoms with Gasteiger partial charge in [-0.1, -0.05) is 5.92 Å². The summed E-state index contributed by atoms with van der Waals surface area (Å²) < 4.78 is 12.2. The average molecular weight is 122 g/mol. The third-order valence-corrected chi connectivity index (χ3v) is 1.28. The van der Waals surface area contributed by atoms with Crippen molar-refractivity contribution >= 4 is 0 Å². The van der Waals surface area contributed by atoms with Crippen molar-refractivity contribution < 1.29 is 4.39 Å². The second kappa shape index (κ2) is 2.50. The van der Waals surface area contributed by atoms with Gasteiger partial charge in [-0.3, -0.25) is 0 Å². The van der Waals surface area contributed by atoms with Crippen LogP contribution in [0, 0.1) is 12.3 Å². The molecule has 0 nitrogen and oxygen atoms in total. The van der Waals surface area contributed by atoms with Gasteiger partial charge in [0.25, 0.3) is 0 Å². The molecule has 0 atom stereocenters. The largest absolute Gasteiger partial charge is 0.212 e. The van der Waals surface area contributed by atoms with Gasteiger partial charge in [0.15, 0.2) is 0 Å². The lowest BCUT2D eigenvalue weighted by molar-refractivity contribution is 0.585. The predicted octanol–water partition coefficient (Wildman–Crippen LogP) is 2.19. The second-order valence-electron chi connectivity index (χ2n) is 1.95. The fourth-order valence-electron chi connectivity index (χ4n) is 0.732. The van der Waals surface area contributed by atoms with E-state index in [4.69, 9.17) is 6.42 Å². The zero-order chi connectivity index (χ0) is 6.69. The Balaban J connectivity index is 2.73. The van der Waals surface area contributed by atoms with E-state index in [0.29, 0.717) is 12.8 Å². The smallest absolute Gasteiger partial charge is 0.100 e. The van der Waals surface area contributed by atoms with Crippen LogP contribution >= 0.6 is 0 Å². The van der Waals surface area contributed by atoms with E-state index in [0.717, 1.165) is 5.57 Å². The molecule has 0 bridgehead atoms. The molecular weight excluding hydrogens is 115 g/mol. The summed E-state index contributed by atoms with van der Waals surface area (Å²) in [5.41, 5.74) is 0.886. The molecule has 1 aliphatic rings. The summed E-state index contributed by atoms with van der Waals surface area (Å²) in [7, 11) is 0. The Kier molecular flexibility index (Phi) is 1.69. The van der Waals surface area contributed by atoms with Crippen LogP contribution in [0.2, 0.25) is 0 Å². The highest BCUT2D eigenvalue weighted by atomic mass is 19.1. The topological polar surface area (TPSA) is 0 Å². The molecule has 1 rings (SSSR count). The zero-order valence-electron chi connectivity index (χ0n) is 5.02. The lowest BCUT2D eigenvalue weighted by Gasteiger charge is -2.01. The molecule has 1 heteroatoms. The third kappa shape index (κ3) is 1.43. The molecule has 0 aromatic heterocycles. The lowest BCUT2D eigenvalue weighted by Crippen LogP contribution is -1.86. The molecule has 0 radical (unpaired) electrons. The maximum atomic E-state index is 12.2. The summed E-state index contributed by atoms with van der Waals surface area (Å²) in [6.45, 7) is 0. The van der Waals surface area contributed by atoms with E-state index >= 15 is 0 Å². The minimum Gasteiger partial charge on any atom is -0.212 e. The minimum atomic E-state index is -0.0750. The van der Waals surface area contributed by atoms with Crippen molar-refractivity contribution in [2.45, 2.75) is 12.8 Å². The summed E-state index contributed by atoms with van der Waals surface area (Å²) >= 11 is 0. The molecule has 1 aliphatic carbocycles. The predicted molar refractivity (Wildman–Crippen MR) is 35.3 cm³/mol. The maximum Gasteiger partial charge on any atom is 0.100 e. The van der Waals surface area contributed by atoms with E-state index in [-0.39, 0.29) is 5.83 Å². The second-order valence-corrected chi connectivity index (χ2v) is 1.95. The van der Waals surface area contributed by atoms with Crippen LogP contribution in [0.4, 0.5) is 4.39 Å². The van der Waals surface area contributed by atoms with Crippen LogP contribution in [0.15, 0.2) is 23.6 Å². The molecule has 46 valence electrons. The summed E-state index contributed by atoms with van der Waals surface area (Å²) in [5.74, 6) is 2.40. The molecule has 0 aromatic rings. The molecule has 0 aliphatic heterocycles. The summed E-state index contributed by atoms with van der Waals surface area (Å²) in [6, 6.07) is 0. The van der Waals surface area contributed by atoms with Crippen LogP contribution in [-0.4, -0.2) is 0 Å². The normalized spacial score (nSPS) is 17.8. The van der Waals surface area contributed by atoms with Gasteiger partial charge in [-0.2, -0.15) is 0 Å². The number of rotatable bonds is 0. The first-order valence-electron chi connectivity index (χ1n) is 2.85. The van der Waals surface area contributed by atoms with Gasteiger partial charge in [0, 0.05) is 12.0 Å². The molecule has 0 amide bonds. The first kappa shape index (κ1) is 6.10. The molecule has 0 heterocycles. The van der Waals surface area contributed by atoms with Crippen LogP contribution in [0.5, 0.6) is 0 Å². The Morgan fingerprint density at radius 3 is 2.67 bits per heavy atom. The highest BCUT2D eigenvalue weighted by Gasteiger charge is 2.01. The summed E-state index contributed by atoms with van der Waals surface area (Å²) in [6.07, 6.45) is 9.31. The molecule has 0 N–H and O–H groups in total. The van der Waals surface area contributed by atoms with Gasteiger partial charge >= 0.3 is 0 Å². The molecule has 0 aromatic carbocycles. The number of terminal acetylenes is 1. The standard InChI is InChI=1S/C8H7F/c1-2-7-3-5-8(9)6-4-7/h1,3,5H,4,6H2. The van der Waals surface area contributed by atoms with Gasteiger partial charge in [-0.15, -0.1) is 6.42 Å². The molecule has 0 saturated heterocycles. The van der Waals surface area contributed by atoms with E-state index in [9.17, 15) is 4.39 Å². The number of halogens is 1. The minimum absolute atomic E-state index is 0.0750. The molecular formula is C8H7F. The number of allylic oxidation sites excluding steroid dienone is 4. The lowest BCUT2D eigenvalue weighted by atomic mass is 10.1. The summed E-state index contributed by atoms with van der Waals surface area (Å²) in [4.78, 5) is 0. The van der Waals surface area contributed by atoms with Crippen molar-refractivity contribution in [3.8, 4) is 12.3 Å². The Labute approximate surface area is 54.1 Å². The first-order valence-corrected chi connectivity index (χ1v) is 2.85. The van der Waals surface area contributed by atoms with Gasteiger partial charge in [0.05, 0.1) is 0 Å². The van der Waals surface area contributed by atoms with E-state index < -0.39 is 0 Å². The number of hydrogen-bond donors (Lipinski definition) is 0. The van der Waals surface area contributed by atoms with Crippen LogP contribution in [0.3, 0.4) is 0 Å². The zero-order valence-corrected chi connectivity index (χ0v) is 5.02. The first-order chi connectivity index (χ1) is 4.33. The van der Waals surface area contributed by atoms with Crippen molar-refractivity contribution in [3.05, 3.63) is 23.6 Å². The van der Waals surface area contributed by atoms with Gasteiger partial charge < -0.3 is 0 Å². The van der Waals surface area contributed by atoms with Crippen molar-refractivity contribution in [3.63, 3.8) is 0 Å². The SMILES string of the molecule is C#CC1=CC=C(F)CC1. The van der Waals surface area contributed by atoms with Gasteiger partial charge in [0.2, 0.25) is 0 Å². The van der Waals surface area contributed by atoms with E-state index in [1.54, 1.807) is 6.08 Å². The van der Waals surface area contributed by atoms with Crippen LogP contribution < -0.4 is 0 Å². The number of hydrogen-bond acceptors (Lipinski definition) is 0. The van der Waals surface area contributed by atoms with Gasteiger partial charge in [-0.05, 0) is 18.6 Å². The van der Waals surface area contributed by atoms with Crippen molar-refractivity contribution in [2.24, 2.45) is 0 Å². The Hall–Kier alpha value is -1.03. The monoisotopic (exact) mass is 122 g/mol. The molecule has 0 saturated carbocycles. The molecule has 0 unspecified atom stereocenters. The Morgan fingerprint density at radius 2 is 2.22 bits per heavy atom. The Bertz CT molecular complexity index is 203. The molecule has 0 fully saturated rings. The van der Waals surface area contributed by atoms with E-state index in [1.807, 2.05) is 0 Å². The van der Waals surface area contributed by atoms with Crippen LogP contribution in [0.25, 0.3) is 0 Å². The van der Waals surface area contributed by atoms with Gasteiger partial charge in [-0.25, -0.2) is 4.39 Å². The van der Waals surface area contributed by atoms with Crippen LogP contribution in [-0.2, 0) is 0 Å². The van der Waals surface area contributed by atoms with E-state index in [2.05, 4.69) is 5.92 Å². The van der Waals surface area contributed by atoms with Crippen molar-refractivity contribution in [1.29, 1.82) is 0 Å². The average Bonchev–Trinajstić information content (AvgIpc) is 1.90. The molecule has 0 spiro atoms. The van der Waals surface area contributed by atoms with Gasteiger partial charge in [0.1, 0.15) is 5.83 Å². The summed E-state index contributed by atoms with van der Waals surface area (Å²) in [5, 5.41) is 0. The maximum absolute atomic E-state index is 12.2. The Morgan fingerprint density at radius 1 is 1.44 bits per heavy atom. The highest BCUT2D eigenvalue weighted by Crippen LogP contribution is 2.17. The fourth-order valence-corrected chi connectivity index (χ4v) is 0.732. The van der Waals surface area contributed by atoms with Crippen LogP contribution in [0.1, 0.15) is 12.8 Å². The van der Waals surface area contributed by atoms with E-state index in [1.165, 1.54) is 6.08 Å². The van der Waals surface area contributed by atoms with Crippen molar-refractivity contribution in [1.82, 2.24) is 0 Å². The third-order valence-electron chi connectivity index (χ3n) is 1.28.